The minimum absolute atomic E-state index is 0.0131. The van der Waals surface area contributed by atoms with Gasteiger partial charge in [-0.25, -0.2) is 9.59 Å². The van der Waals surface area contributed by atoms with Crippen molar-refractivity contribution in [2.45, 2.75) is 31.8 Å². The summed E-state index contributed by atoms with van der Waals surface area (Å²) >= 11 is 1.31. The quantitative estimate of drug-likeness (QED) is 0.746. The van der Waals surface area contributed by atoms with Crippen LogP contribution in [-0.4, -0.2) is 47.7 Å². The molecule has 1 aromatic rings. The Morgan fingerprint density at radius 1 is 1.38 bits per heavy atom. The van der Waals surface area contributed by atoms with Crippen LogP contribution in [0.15, 0.2) is 17.5 Å². The summed E-state index contributed by atoms with van der Waals surface area (Å²) in [5.41, 5.74) is 0. The van der Waals surface area contributed by atoms with E-state index in [1.165, 1.54) is 24.2 Å². The molecule has 2 amide bonds. The lowest BCUT2D eigenvalue weighted by atomic mass is 10.2. The van der Waals surface area contributed by atoms with E-state index in [1.54, 1.807) is 17.5 Å². The van der Waals surface area contributed by atoms with Crippen molar-refractivity contribution in [3.63, 3.8) is 0 Å². The number of carbonyl (C=O) groups excluding carboxylic acids is 1. The maximum atomic E-state index is 11.9. The number of aliphatic carboxylic acids is 1. The lowest BCUT2D eigenvalue weighted by Gasteiger charge is -2.22. The molecule has 1 aliphatic rings. The minimum atomic E-state index is -1.06. The van der Waals surface area contributed by atoms with Gasteiger partial charge in [-0.05, 0) is 44.3 Å². The second kappa shape index (κ2) is 7.42. The van der Waals surface area contributed by atoms with Gasteiger partial charge >= 0.3 is 12.0 Å². The Morgan fingerprint density at radius 2 is 2.10 bits per heavy atom. The van der Waals surface area contributed by atoms with Crippen LogP contribution in [0, 0.1) is 0 Å². The number of hydrogen-bond donors (Lipinski definition) is 3. The van der Waals surface area contributed by atoms with Crippen LogP contribution in [-0.2, 0) is 4.79 Å². The van der Waals surface area contributed by atoms with Crippen LogP contribution in [0.3, 0.4) is 0 Å². The molecular formula is C14H21N3O3S. The first-order chi connectivity index (χ1) is 10.1. The van der Waals surface area contributed by atoms with Crippen LogP contribution >= 0.6 is 11.3 Å². The average Bonchev–Trinajstić information content (AvgIpc) is 3.07. The van der Waals surface area contributed by atoms with E-state index in [0.717, 1.165) is 19.6 Å². The fraction of sp³-hybridized carbons (Fsp3) is 0.571. The standard InChI is InChI=1S/C14H21N3O3S/c1-10(9-17-6-2-3-7-17)15-14(20)16-12(13(18)19)11-5-4-8-21-11/h4-5,8,10,12H,2-3,6-7,9H2,1H3,(H,18,19)(H2,15,16,20). The molecule has 0 aliphatic carbocycles. The summed E-state index contributed by atoms with van der Waals surface area (Å²) in [6, 6.07) is 2.02. The first kappa shape index (κ1) is 15.8. The lowest BCUT2D eigenvalue weighted by molar-refractivity contribution is -0.139. The van der Waals surface area contributed by atoms with Crippen molar-refractivity contribution in [1.29, 1.82) is 0 Å². The molecule has 7 heteroatoms. The number of urea groups is 1. The third-order valence-corrected chi connectivity index (χ3v) is 4.40. The van der Waals surface area contributed by atoms with Gasteiger partial charge in [0.2, 0.25) is 0 Å². The Hall–Kier alpha value is -1.60. The van der Waals surface area contributed by atoms with Crippen LogP contribution in [0.4, 0.5) is 4.79 Å². The summed E-state index contributed by atoms with van der Waals surface area (Å²) in [7, 11) is 0. The number of carboxylic acids is 1. The Bertz CT molecular complexity index is 472. The van der Waals surface area contributed by atoms with Gasteiger partial charge in [0.25, 0.3) is 0 Å². The molecule has 1 aliphatic heterocycles. The number of carboxylic acid groups (broad SMARTS) is 1. The first-order valence-electron chi connectivity index (χ1n) is 7.12. The highest BCUT2D eigenvalue weighted by Gasteiger charge is 2.24. The molecular weight excluding hydrogens is 290 g/mol. The third-order valence-electron chi connectivity index (χ3n) is 3.46. The summed E-state index contributed by atoms with van der Waals surface area (Å²) in [5, 5.41) is 16.3. The number of nitrogens with one attached hydrogen (secondary N) is 2. The average molecular weight is 311 g/mol. The normalized spacial score (nSPS) is 18.1. The minimum Gasteiger partial charge on any atom is -0.479 e. The number of carbonyl (C=O) groups is 2. The van der Waals surface area contributed by atoms with Gasteiger partial charge in [-0.3, -0.25) is 0 Å². The molecule has 116 valence electrons. The van der Waals surface area contributed by atoms with E-state index >= 15 is 0 Å². The number of rotatable bonds is 6. The van der Waals surface area contributed by atoms with Gasteiger partial charge in [-0.15, -0.1) is 11.3 Å². The summed E-state index contributed by atoms with van der Waals surface area (Å²) in [6.45, 7) is 4.87. The van der Waals surface area contributed by atoms with E-state index in [2.05, 4.69) is 15.5 Å². The Kier molecular flexibility index (Phi) is 5.58. The summed E-state index contributed by atoms with van der Waals surface area (Å²) < 4.78 is 0. The molecule has 2 atom stereocenters. The highest BCUT2D eigenvalue weighted by molar-refractivity contribution is 7.10. The highest BCUT2D eigenvalue weighted by Crippen LogP contribution is 2.19. The molecule has 6 nitrogen and oxygen atoms in total. The van der Waals surface area contributed by atoms with Crippen LogP contribution in [0.5, 0.6) is 0 Å². The molecule has 1 aromatic heterocycles. The molecule has 0 spiro atoms. The van der Waals surface area contributed by atoms with Crippen molar-refractivity contribution in [3.05, 3.63) is 22.4 Å². The summed E-state index contributed by atoms with van der Waals surface area (Å²) in [5.74, 6) is -1.06. The number of hydrogen-bond acceptors (Lipinski definition) is 4. The largest absolute Gasteiger partial charge is 0.479 e. The zero-order chi connectivity index (χ0) is 15.2. The van der Waals surface area contributed by atoms with E-state index in [4.69, 9.17) is 0 Å². The predicted octanol–water partition coefficient (Wildman–Crippen LogP) is 1.66. The van der Waals surface area contributed by atoms with Gasteiger partial charge in [0, 0.05) is 17.5 Å². The maximum absolute atomic E-state index is 11.9. The van der Waals surface area contributed by atoms with Gasteiger partial charge in [-0.1, -0.05) is 6.07 Å². The Morgan fingerprint density at radius 3 is 2.67 bits per heavy atom. The molecule has 0 radical (unpaired) electrons. The smallest absolute Gasteiger partial charge is 0.331 e. The van der Waals surface area contributed by atoms with Crippen LogP contribution in [0.25, 0.3) is 0 Å². The van der Waals surface area contributed by atoms with E-state index in [1.807, 2.05) is 6.92 Å². The second-order valence-electron chi connectivity index (χ2n) is 5.31. The van der Waals surface area contributed by atoms with Gasteiger partial charge in [0.1, 0.15) is 0 Å². The third kappa shape index (κ3) is 4.71. The molecule has 1 fully saturated rings. The van der Waals surface area contributed by atoms with E-state index < -0.39 is 18.0 Å². The summed E-state index contributed by atoms with van der Waals surface area (Å²) in [4.78, 5) is 26.1. The molecule has 2 unspecified atom stereocenters. The van der Waals surface area contributed by atoms with Crippen molar-refractivity contribution in [2.24, 2.45) is 0 Å². The highest BCUT2D eigenvalue weighted by atomic mass is 32.1. The Balaban J connectivity index is 1.83. The lowest BCUT2D eigenvalue weighted by Crippen LogP contribution is -2.47. The van der Waals surface area contributed by atoms with E-state index in [0.29, 0.717) is 4.88 Å². The molecule has 0 aromatic carbocycles. The molecule has 2 rings (SSSR count). The number of nitrogens with zero attached hydrogens (tertiary/aromatic N) is 1. The van der Waals surface area contributed by atoms with Crippen molar-refractivity contribution in [2.75, 3.05) is 19.6 Å². The Labute approximate surface area is 128 Å². The van der Waals surface area contributed by atoms with Gasteiger partial charge in [0.05, 0.1) is 0 Å². The summed E-state index contributed by atoms with van der Waals surface area (Å²) in [6.07, 6.45) is 2.41. The van der Waals surface area contributed by atoms with Gasteiger partial charge in [0.15, 0.2) is 6.04 Å². The fourth-order valence-corrected chi connectivity index (χ4v) is 3.27. The monoisotopic (exact) mass is 311 g/mol. The number of amides is 2. The van der Waals surface area contributed by atoms with Crippen molar-refractivity contribution < 1.29 is 14.7 Å². The zero-order valence-corrected chi connectivity index (χ0v) is 12.9. The molecule has 3 N–H and O–H groups in total. The van der Waals surface area contributed by atoms with Gasteiger partial charge in [-0.2, -0.15) is 0 Å². The van der Waals surface area contributed by atoms with Crippen molar-refractivity contribution in [1.82, 2.24) is 15.5 Å². The zero-order valence-electron chi connectivity index (χ0n) is 12.0. The first-order valence-corrected chi connectivity index (χ1v) is 8.00. The predicted molar refractivity (Wildman–Crippen MR) is 81.5 cm³/mol. The van der Waals surface area contributed by atoms with Crippen molar-refractivity contribution in [3.8, 4) is 0 Å². The molecule has 0 bridgehead atoms. The maximum Gasteiger partial charge on any atom is 0.331 e. The van der Waals surface area contributed by atoms with Crippen molar-refractivity contribution >= 4 is 23.3 Å². The number of likely N-dealkylation sites (tertiary alicyclic amines) is 1. The van der Waals surface area contributed by atoms with E-state index in [9.17, 15) is 14.7 Å². The van der Waals surface area contributed by atoms with Crippen LogP contribution in [0.1, 0.15) is 30.7 Å². The van der Waals surface area contributed by atoms with E-state index in [-0.39, 0.29) is 6.04 Å². The fourth-order valence-electron chi connectivity index (χ4n) is 2.50. The van der Waals surface area contributed by atoms with Gasteiger partial charge < -0.3 is 20.6 Å². The molecule has 1 saturated heterocycles. The van der Waals surface area contributed by atoms with Crippen LogP contribution in [0.2, 0.25) is 0 Å². The molecule has 2 heterocycles. The molecule has 0 saturated carbocycles. The second-order valence-corrected chi connectivity index (χ2v) is 6.29. The SMILES string of the molecule is CC(CN1CCCC1)NC(=O)NC(C(=O)O)c1cccs1. The number of thiophene rings is 1. The molecule has 21 heavy (non-hydrogen) atoms. The van der Waals surface area contributed by atoms with Crippen LogP contribution < -0.4 is 10.6 Å². The topological polar surface area (TPSA) is 81.7 Å².